The van der Waals surface area contributed by atoms with Crippen LogP contribution in [0.4, 0.5) is 0 Å². The molecule has 8 heteroatoms. The zero-order valence-corrected chi connectivity index (χ0v) is 16.1. The summed E-state index contributed by atoms with van der Waals surface area (Å²) in [4.78, 5) is 20.6. The van der Waals surface area contributed by atoms with E-state index in [4.69, 9.17) is 16.1 Å². The number of carbonyl (C=O) groups excluding carboxylic acids is 1. The maximum absolute atomic E-state index is 12.8. The first-order chi connectivity index (χ1) is 12.0. The third-order valence-electron chi connectivity index (χ3n) is 3.41. The summed E-state index contributed by atoms with van der Waals surface area (Å²) in [5.41, 5.74) is 0.661. The van der Waals surface area contributed by atoms with Crippen molar-refractivity contribution in [3.8, 4) is 0 Å². The van der Waals surface area contributed by atoms with Gasteiger partial charge in [-0.2, -0.15) is 4.98 Å². The van der Waals surface area contributed by atoms with Crippen LogP contribution in [0.3, 0.4) is 0 Å². The number of rotatable bonds is 6. The van der Waals surface area contributed by atoms with Crippen molar-refractivity contribution in [2.24, 2.45) is 0 Å². The Morgan fingerprint density at radius 3 is 2.80 bits per heavy atom. The molecule has 0 saturated heterocycles. The highest BCUT2D eigenvalue weighted by atomic mass is 35.5. The van der Waals surface area contributed by atoms with E-state index < -0.39 is 0 Å². The number of hydrogen-bond acceptors (Lipinski definition) is 6. The minimum absolute atomic E-state index is 0.0330. The molecule has 0 bridgehead atoms. The predicted octanol–water partition coefficient (Wildman–Crippen LogP) is 4.66. The molecule has 0 aliphatic heterocycles. The highest BCUT2D eigenvalue weighted by Crippen LogP contribution is 2.28. The van der Waals surface area contributed by atoms with Gasteiger partial charge < -0.3 is 9.42 Å². The van der Waals surface area contributed by atoms with Gasteiger partial charge in [-0.1, -0.05) is 28.9 Å². The summed E-state index contributed by atoms with van der Waals surface area (Å²) in [6, 6.07) is 11.3. The van der Waals surface area contributed by atoms with Crippen molar-refractivity contribution in [1.29, 1.82) is 0 Å². The number of thioether (sulfide) groups is 1. The van der Waals surface area contributed by atoms with E-state index in [0.29, 0.717) is 29.6 Å². The Morgan fingerprint density at radius 2 is 2.12 bits per heavy atom. The molecule has 0 radical (unpaired) electrons. The van der Waals surface area contributed by atoms with E-state index in [0.717, 1.165) is 14.1 Å². The smallest absolute Gasteiger partial charge is 0.255 e. The molecule has 25 heavy (non-hydrogen) atoms. The number of halogens is 1. The first kappa shape index (κ1) is 18.0. The van der Waals surface area contributed by atoms with Gasteiger partial charge >= 0.3 is 0 Å². The molecule has 130 valence electrons. The van der Waals surface area contributed by atoms with Gasteiger partial charge in [0.15, 0.2) is 5.82 Å². The van der Waals surface area contributed by atoms with Crippen LogP contribution in [0.2, 0.25) is 4.34 Å². The van der Waals surface area contributed by atoms with Gasteiger partial charge in [0.05, 0.1) is 22.2 Å². The molecular formula is C17H16ClN3O2S2. The molecule has 0 aliphatic carbocycles. The lowest BCUT2D eigenvalue weighted by Crippen LogP contribution is -2.26. The Morgan fingerprint density at radius 1 is 1.32 bits per heavy atom. The molecule has 5 nitrogen and oxygen atoms in total. The average molecular weight is 394 g/mol. The van der Waals surface area contributed by atoms with Gasteiger partial charge in [-0.25, -0.2) is 0 Å². The highest BCUT2D eigenvalue weighted by Gasteiger charge is 2.17. The largest absolute Gasteiger partial charge is 0.338 e. The molecule has 3 rings (SSSR count). The van der Waals surface area contributed by atoms with Gasteiger partial charge in [0.2, 0.25) is 5.89 Å². The number of thiophene rings is 1. The third-order valence-corrected chi connectivity index (χ3v) is 5.68. The van der Waals surface area contributed by atoms with Crippen molar-refractivity contribution in [1.82, 2.24) is 15.0 Å². The van der Waals surface area contributed by atoms with Gasteiger partial charge in [0.25, 0.3) is 5.91 Å². The summed E-state index contributed by atoms with van der Waals surface area (Å²) < 4.78 is 5.85. The number of nitrogens with zero attached hydrogens (tertiary/aromatic N) is 3. The summed E-state index contributed by atoms with van der Waals surface area (Å²) in [6.45, 7) is 2.30. The monoisotopic (exact) mass is 393 g/mol. The van der Waals surface area contributed by atoms with Gasteiger partial charge in [-0.3, -0.25) is 4.79 Å². The maximum Gasteiger partial charge on any atom is 0.255 e. The summed E-state index contributed by atoms with van der Waals surface area (Å²) >= 11 is 8.95. The lowest BCUT2D eigenvalue weighted by Gasteiger charge is -2.18. The lowest BCUT2D eigenvalue weighted by atomic mass is 10.2. The topological polar surface area (TPSA) is 59.2 Å². The number of carbonyl (C=O) groups is 1. The van der Waals surface area contributed by atoms with E-state index in [9.17, 15) is 4.79 Å². The van der Waals surface area contributed by atoms with Crippen LogP contribution in [-0.4, -0.2) is 28.0 Å². The Balaban J connectivity index is 1.71. The van der Waals surface area contributed by atoms with Crippen molar-refractivity contribution >= 4 is 40.6 Å². The Hall–Kier alpha value is -1.83. The normalized spacial score (nSPS) is 10.8. The molecule has 0 N–H and O–H groups in total. The maximum atomic E-state index is 12.8. The third kappa shape index (κ3) is 4.62. The van der Waals surface area contributed by atoms with Crippen LogP contribution in [0.5, 0.6) is 0 Å². The van der Waals surface area contributed by atoms with Crippen LogP contribution in [0.15, 0.2) is 45.8 Å². The van der Waals surface area contributed by atoms with Crippen LogP contribution < -0.4 is 0 Å². The van der Waals surface area contributed by atoms with E-state index in [1.165, 1.54) is 23.1 Å². The second-order valence-corrected chi connectivity index (χ2v) is 8.20. The molecule has 2 aromatic heterocycles. The molecule has 1 aromatic carbocycles. The molecule has 0 saturated carbocycles. The fraction of sp³-hybridized carbons (Fsp3) is 0.235. The quantitative estimate of drug-likeness (QED) is 0.570. The molecular weight excluding hydrogens is 378 g/mol. The number of aryl methyl sites for hydroxylation is 1. The van der Waals surface area contributed by atoms with Crippen molar-refractivity contribution in [3.05, 3.63) is 62.9 Å². The van der Waals surface area contributed by atoms with Crippen LogP contribution in [0.1, 0.15) is 27.0 Å². The van der Waals surface area contributed by atoms with E-state index in [-0.39, 0.29) is 5.91 Å². The molecule has 1 amide bonds. The Bertz CT molecular complexity index is 878. The minimum atomic E-state index is -0.0330. The number of benzene rings is 1. The van der Waals surface area contributed by atoms with Gasteiger partial charge in [-0.15, -0.1) is 23.1 Å². The molecule has 0 fully saturated rings. The van der Waals surface area contributed by atoms with E-state index in [1.807, 2.05) is 36.4 Å². The first-order valence-electron chi connectivity index (χ1n) is 7.53. The van der Waals surface area contributed by atoms with Crippen LogP contribution in [0, 0.1) is 6.92 Å². The van der Waals surface area contributed by atoms with Crippen LogP contribution in [-0.2, 0) is 12.3 Å². The van der Waals surface area contributed by atoms with Crippen LogP contribution >= 0.6 is 34.7 Å². The van der Waals surface area contributed by atoms with Crippen LogP contribution in [0.25, 0.3) is 0 Å². The fourth-order valence-corrected chi connectivity index (χ4v) is 4.28. The van der Waals surface area contributed by atoms with Gasteiger partial charge in [0, 0.05) is 16.8 Å². The molecule has 0 unspecified atom stereocenters. The number of aromatic nitrogens is 2. The second kappa shape index (κ2) is 8.03. The number of hydrogen-bond donors (Lipinski definition) is 0. The Labute approximate surface area is 159 Å². The van der Waals surface area contributed by atoms with E-state index >= 15 is 0 Å². The lowest BCUT2D eigenvalue weighted by molar-refractivity contribution is 0.0783. The van der Waals surface area contributed by atoms with E-state index in [1.54, 1.807) is 18.9 Å². The van der Waals surface area contributed by atoms with Gasteiger partial charge in [0.1, 0.15) is 0 Å². The molecule has 0 atom stereocenters. The summed E-state index contributed by atoms with van der Waals surface area (Å²) in [7, 11) is 1.79. The zero-order chi connectivity index (χ0) is 17.8. The average Bonchev–Trinajstić information content (AvgIpc) is 3.20. The first-order valence-corrected chi connectivity index (χ1v) is 9.71. The van der Waals surface area contributed by atoms with Crippen molar-refractivity contribution < 1.29 is 9.32 Å². The number of amides is 1. The van der Waals surface area contributed by atoms with Crippen molar-refractivity contribution in [3.63, 3.8) is 0 Å². The molecule has 0 spiro atoms. The zero-order valence-electron chi connectivity index (χ0n) is 13.7. The summed E-state index contributed by atoms with van der Waals surface area (Å²) in [6.07, 6.45) is 0. The standard InChI is InChI=1S/C17H16ClN3O2S2/c1-11-19-16(23-20-11)10-24-14-6-4-3-5-13(14)17(22)21(2)9-12-7-8-15(18)25-12/h3-8H,9-10H2,1-2H3. The predicted molar refractivity (Wildman–Crippen MR) is 100 cm³/mol. The second-order valence-electron chi connectivity index (χ2n) is 5.39. The molecule has 0 aliphatic rings. The van der Waals surface area contributed by atoms with Crippen molar-refractivity contribution in [2.45, 2.75) is 24.1 Å². The summed E-state index contributed by atoms with van der Waals surface area (Å²) in [5, 5.41) is 3.78. The summed E-state index contributed by atoms with van der Waals surface area (Å²) in [5.74, 6) is 1.64. The van der Waals surface area contributed by atoms with Gasteiger partial charge in [-0.05, 0) is 31.2 Å². The fourth-order valence-electron chi connectivity index (χ4n) is 2.26. The van der Waals surface area contributed by atoms with E-state index in [2.05, 4.69) is 10.1 Å². The van der Waals surface area contributed by atoms with Crippen molar-refractivity contribution in [2.75, 3.05) is 7.05 Å². The highest BCUT2D eigenvalue weighted by molar-refractivity contribution is 7.98. The molecule has 2 heterocycles. The minimum Gasteiger partial charge on any atom is -0.338 e. The SMILES string of the molecule is Cc1noc(CSc2ccccc2C(=O)N(C)Cc2ccc(Cl)s2)n1. The Kier molecular flexibility index (Phi) is 5.78. The molecule has 3 aromatic rings.